The number of thioether (sulfide) groups is 2. The molecule has 0 unspecified atom stereocenters. The Kier molecular flexibility index (Phi) is 6.24. The van der Waals surface area contributed by atoms with E-state index in [1.54, 1.807) is 29.6 Å². The number of esters is 1. The van der Waals surface area contributed by atoms with E-state index in [1.165, 1.54) is 4.90 Å². The number of ether oxygens (including phenoxy) is 1. The molecule has 4 rings (SSSR count). The predicted octanol–water partition coefficient (Wildman–Crippen LogP) is 3.65. The number of cyclic esters (lactones) is 1. The van der Waals surface area contributed by atoms with E-state index >= 15 is 0 Å². The molecule has 2 heterocycles. The van der Waals surface area contributed by atoms with Crippen LogP contribution < -0.4 is 10.6 Å². The SMILES string of the molecule is CSc1ccc([C@@H]2NC(=O)N(CC(=O)Nc3cccc(SC)c3)C3=C2C(=O)OC3)cc1. The van der Waals surface area contributed by atoms with Gasteiger partial charge in [0, 0.05) is 15.5 Å². The maximum atomic E-state index is 12.9. The van der Waals surface area contributed by atoms with Gasteiger partial charge < -0.3 is 15.4 Å². The Morgan fingerprint density at radius 1 is 1.13 bits per heavy atom. The zero-order chi connectivity index (χ0) is 22.0. The second-order valence-corrected chi connectivity index (χ2v) is 8.72. The molecule has 1 atom stereocenters. The smallest absolute Gasteiger partial charge is 0.338 e. The van der Waals surface area contributed by atoms with Crippen LogP contribution in [0.1, 0.15) is 11.6 Å². The average molecular weight is 456 g/mol. The van der Waals surface area contributed by atoms with Crippen molar-refractivity contribution in [2.24, 2.45) is 0 Å². The molecule has 0 saturated carbocycles. The molecule has 2 aromatic rings. The predicted molar refractivity (Wildman–Crippen MR) is 121 cm³/mol. The van der Waals surface area contributed by atoms with Crippen LogP contribution in [0.4, 0.5) is 10.5 Å². The number of urea groups is 1. The van der Waals surface area contributed by atoms with Gasteiger partial charge in [-0.25, -0.2) is 9.59 Å². The number of nitrogens with one attached hydrogen (secondary N) is 2. The highest BCUT2D eigenvalue weighted by atomic mass is 32.2. The highest BCUT2D eigenvalue weighted by Crippen LogP contribution is 2.35. The monoisotopic (exact) mass is 455 g/mol. The van der Waals surface area contributed by atoms with Crippen molar-refractivity contribution in [3.05, 3.63) is 65.4 Å². The standard InChI is InChI=1S/C22H21N3O4S2/c1-30-15-8-6-13(7-9-15)20-19-17(12-29-21(19)27)25(22(28)24-20)11-18(26)23-14-4-3-5-16(10-14)31-2/h3-10,20H,11-12H2,1-2H3,(H,23,26)(H,24,28)/t20-/m0/s1. The number of amides is 3. The number of anilines is 1. The normalized spacial score (nSPS) is 17.9. The number of nitrogens with zero attached hydrogens (tertiary/aromatic N) is 1. The van der Waals surface area contributed by atoms with E-state index < -0.39 is 18.0 Å². The molecule has 2 N–H and O–H groups in total. The third-order valence-corrected chi connectivity index (χ3v) is 6.57. The topological polar surface area (TPSA) is 87.7 Å². The lowest BCUT2D eigenvalue weighted by molar-refractivity contribution is -0.136. The summed E-state index contributed by atoms with van der Waals surface area (Å²) < 4.78 is 5.22. The number of rotatable bonds is 6. The number of hydrogen-bond acceptors (Lipinski definition) is 6. The van der Waals surface area contributed by atoms with Crippen LogP contribution in [0.25, 0.3) is 0 Å². The molecular weight excluding hydrogens is 434 g/mol. The lowest BCUT2D eigenvalue weighted by Crippen LogP contribution is -2.49. The van der Waals surface area contributed by atoms with Gasteiger partial charge in [0.25, 0.3) is 0 Å². The summed E-state index contributed by atoms with van der Waals surface area (Å²) in [4.78, 5) is 41.3. The van der Waals surface area contributed by atoms with Gasteiger partial charge in [-0.3, -0.25) is 9.69 Å². The third kappa shape index (κ3) is 4.42. The molecule has 3 amide bonds. The Hall–Kier alpha value is -2.91. The first-order valence-electron chi connectivity index (χ1n) is 9.56. The fourth-order valence-electron chi connectivity index (χ4n) is 3.57. The molecule has 31 heavy (non-hydrogen) atoms. The van der Waals surface area contributed by atoms with Crippen molar-refractivity contribution in [1.82, 2.24) is 10.2 Å². The van der Waals surface area contributed by atoms with Crippen molar-refractivity contribution in [3.63, 3.8) is 0 Å². The Balaban J connectivity index is 1.56. The molecule has 0 saturated heterocycles. The molecule has 2 aliphatic heterocycles. The molecule has 0 spiro atoms. The van der Waals surface area contributed by atoms with Crippen LogP contribution >= 0.6 is 23.5 Å². The average Bonchev–Trinajstić information content (AvgIpc) is 3.17. The van der Waals surface area contributed by atoms with E-state index in [-0.39, 0.29) is 19.1 Å². The Labute approximate surface area is 188 Å². The summed E-state index contributed by atoms with van der Waals surface area (Å²) in [6.07, 6.45) is 3.93. The van der Waals surface area contributed by atoms with Gasteiger partial charge in [0.1, 0.15) is 13.2 Å². The van der Waals surface area contributed by atoms with Crippen molar-refractivity contribution >= 4 is 47.1 Å². The first kappa shape index (κ1) is 21.3. The molecule has 0 radical (unpaired) electrons. The minimum atomic E-state index is -0.606. The molecule has 2 aromatic carbocycles. The molecule has 0 aliphatic carbocycles. The Morgan fingerprint density at radius 2 is 1.87 bits per heavy atom. The quantitative estimate of drug-likeness (QED) is 0.511. The van der Waals surface area contributed by atoms with E-state index in [9.17, 15) is 14.4 Å². The van der Waals surface area contributed by atoms with Crippen molar-refractivity contribution in [1.29, 1.82) is 0 Å². The van der Waals surface area contributed by atoms with E-state index in [0.717, 1.165) is 15.4 Å². The molecule has 0 aromatic heterocycles. The Bertz CT molecular complexity index is 1070. The Morgan fingerprint density at radius 3 is 2.58 bits per heavy atom. The lowest BCUT2D eigenvalue weighted by Gasteiger charge is -2.32. The first-order valence-corrected chi connectivity index (χ1v) is 12.0. The molecular formula is C22H21N3O4S2. The van der Waals surface area contributed by atoms with Crippen LogP contribution in [0.2, 0.25) is 0 Å². The number of hydrogen-bond donors (Lipinski definition) is 2. The van der Waals surface area contributed by atoms with Crippen LogP contribution in [0.5, 0.6) is 0 Å². The second kappa shape index (κ2) is 9.07. The first-order chi connectivity index (χ1) is 15.0. The van der Waals surface area contributed by atoms with Crippen LogP contribution in [0, 0.1) is 0 Å². The van der Waals surface area contributed by atoms with Crippen LogP contribution in [-0.2, 0) is 14.3 Å². The van der Waals surface area contributed by atoms with E-state index in [4.69, 9.17) is 4.74 Å². The third-order valence-electron chi connectivity index (χ3n) is 5.10. The summed E-state index contributed by atoms with van der Waals surface area (Å²) in [7, 11) is 0. The molecule has 0 fully saturated rings. The fourth-order valence-corrected chi connectivity index (χ4v) is 4.44. The van der Waals surface area contributed by atoms with Crippen LogP contribution in [-0.4, -0.2) is 48.5 Å². The fraction of sp³-hybridized carbons (Fsp3) is 0.227. The van der Waals surface area contributed by atoms with Crippen LogP contribution in [0.15, 0.2) is 69.6 Å². The van der Waals surface area contributed by atoms with Gasteiger partial charge in [-0.15, -0.1) is 23.5 Å². The largest absolute Gasteiger partial charge is 0.456 e. The summed E-state index contributed by atoms with van der Waals surface area (Å²) in [5.74, 6) is -0.839. The van der Waals surface area contributed by atoms with Crippen LogP contribution in [0.3, 0.4) is 0 Å². The summed E-state index contributed by atoms with van der Waals surface area (Å²) >= 11 is 3.18. The maximum Gasteiger partial charge on any atom is 0.338 e. The minimum absolute atomic E-state index is 0.0315. The van der Waals surface area contributed by atoms with Gasteiger partial charge in [0.15, 0.2) is 0 Å². The van der Waals surface area contributed by atoms with Crippen molar-refractivity contribution in [3.8, 4) is 0 Å². The van der Waals surface area contributed by atoms with E-state index in [1.807, 2.05) is 55.0 Å². The number of carbonyl (C=O) groups is 3. The van der Waals surface area contributed by atoms with Crippen molar-refractivity contribution in [2.45, 2.75) is 15.8 Å². The summed E-state index contributed by atoms with van der Waals surface area (Å²) in [5, 5.41) is 5.65. The van der Waals surface area contributed by atoms with Gasteiger partial charge >= 0.3 is 12.0 Å². The number of benzene rings is 2. The van der Waals surface area contributed by atoms with Crippen molar-refractivity contribution in [2.75, 3.05) is 31.0 Å². The second-order valence-electron chi connectivity index (χ2n) is 6.96. The van der Waals surface area contributed by atoms with Gasteiger partial charge in [0.2, 0.25) is 5.91 Å². The molecule has 9 heteroatoms. The molecule has 7 nitrogen and oxygen atoms in total. The van der Waals surface area contributed by atoms with E-state index in [0.29, 0.717) is 17.0 Å². The molecule has 0 bridgehead atoms. The van der Waals surface area contributed by atoms with Gasteiger partial charge in [-0.1, -0.05) is 18.2 Å². The van der Waals surface area contributed by atoms with Gasteiger partial charge in [-0.05, 0) is 48.4 Å². The highest BCUT2D eigenvalue weighted by Gasteiger charge is 2.42. The molecule has 2 aliphatic rings. The summed E-state index contributed by atoms with van der Waals surface area (Å²) in [6.45, 7) is -0.251. The van der Waals surface area contributed by atoms with Gasteiger partial charge in [-0.2, -0.15) is 0 Å². The maximum absolute atomic E-state index is 12.9. The molecule has 160 valence electrons. The van der Waals surface area contributed by atoms with Gasteiger partial charge in [0.05, 0.1) is 17.3 Å². The minimum Gasteiger partial charge on any atom is -0.456 e. The highest BCUT2D eigenvalue weighted by molar-refractivity contribution is 7.98. The summed E-state index contributed by atoms with van der Waals surface area (Å²) in [6, 6.07) is 14.0. The van der Waals surface area contributed by atoms with E-state index in [2.05, 4.69) is 10.6 Å². The zero-order valence-electron chi connectivity index (χ0n) is 17.0. The lowest BCUT2D eigenvalue weighted by atomic mass is 9.96. The summed E-state index contributed by atoms with van der Waals surface area (Å²) in [5.41, 5.74) is 2.24. The van der Waals surface area contributed by atoms with Crippen molar-refractivity contribution < 1.29 is 19.1 Å². The number of carbonyl (C=O) groups excluding carboxylic acids is 3. The zero-order valence-corrected chi connectivity index (χ0v) is 18.6.